The van der Waals surface area contributed by atoms with Crippen LogP contribution in [0.3, 0.4) is 0 Å². The number of hydrogen-bond donors (Lipinski definition) is 1. The van der Waals surface area contributed by atoms with E-state index in [1.54, 1.807) is 0 Å². The molecule has 0 saturated heterocycles. The summed E-state index contributed by atoms with van der Waals surface area (Å²) in [6, 6.07) is 39.2. The Bertz CT molecular complexity index is 1710. The first-order valence-corrected chi connectivity index (χ1v) is 11.4. The van der Waals surface area contributed by atoms with Crippen molar-refractivity contribution in [2.75, 3.05) is 5.32 Å². The van der Waals surface area contributed by atoms with Crippen LogP contribution in [0.15, 0.2) is 114 Å². The van der Waals surface area contributed by atoms with Crippen LogP contribution in [0.5, 0.6) is 0 Å². The lowest BCUT2D eigenvalue weighted by Crippen LogP contribution is -2.33. The normalized spacial score (nSPS) is 14.5. The molecule has 0 fully saturated rings. The van der Waals surface area contributed by atoms with E-state index in [0.29, 0.717) is 0 Å². The maximum atomic E-state index is 6.64. The first-order chi connectivity index (χ1) is 16.4. The predicted octanol–water partition coefficient (Wildman–Crippen LogP) is 8.01. The van der Waals surface area contributed by atoms with Crippen molar-refractivity contribution in [3.05, 3.63) is 131 Å². The summed E-state index contributed by atoms with van der Waals surface area (Å²) in [6.07, 6.45) is 0. The summed E-state index contributed by atoms with van der Waals surface area (Å²) in [5.41, 5.74) is 11.4. The maximum Gasteiger partial charge on any atom is 0.142 e. The monoisotopic (exact) mass is 421 g/mol. The van der Waals surface area contributed by atoms with E-state index in [0.717, 1.165) is 33.3 Å². The van der Waals surface area contributed by atoms with E-state index in [1.165, 1.54) is 33.4 Å². The summed E-state index contributed by atoms with van der Waals surface area (Å²) in [6.45, 7) is 0. The summed E-state index contributed by atoms with van der Waals surface area (Å²) in [5, 5.41) is 6.05. The van der Waals surface area contributed by atoms with Crippen molar-refractivity contribution in [1.82, 2.24) is 0 Å². The summed E-state index contributed by atoms with van der Waals surface area (Å²) < 4.78 is 6.64. The summed E-state index contributed by atoms with van der Waals surface area (Å²) in [4.78, 5) is 0. The van der Waals surface area contributed by atoms with Gasteiger partial charge in [0, 0.05) is 27.7 Å². The van der Waals surface area contributed by atoms with Gasteiger partial charge in [-0.05, 0) is 52.1 Å². The molecule has 0 amide bonds. The standard InChI is InChI=1S/C31H19NO/c1-4-12-23-19(9-1)20-10-2-5-13-24(20)31(23)25-14-6-7-15-26(25)32-27-18-17-22-21-11-3-8-16-28(21)33-30(22)29(27)31/h1-18,32H. The highest BCUT2D eigenvalue weighted by Crippen LogP contribution is 2.62. The number of furan rings is 1. The van der Waals surface area contributed by atoms with Gasteiger partial charge < -0.3 is 9.73 Å². The minimum atomic E-state index is -0.447. The molecule has 2 heterocycles. The largest absolute Gasteiger partial charge is 0.456 e. The highest BCUT2D eigenvalue weighted by molar-refractivity contribution is 6.10. The molecular formula is C31H19NO. The van der Waals surface area contributed by atoms with Crippen molar-refractivity contribution in [1.29, 1.82) is 0 Å². The maximum absolute atomic E-state index is 6.64. The SMILES string of the molecule is c1ccc2c(c1)Nc1ccc3c(oc4ccccc43)c1C21c2ccccc2-c2ccccc21. The van der Waals surface area contributed by atoms with E-state index in [4.69, 9.17) is 4.42 Å². The second-order valence-electron chi connectivity index (χ2n) is 8.97. The topological polar surface area (TPSA) is 25.2 Å². The van der Waals surface area contributed by atoms with Crippen molar-refractivity contribution >= 4 is 33.3 Å². The van der Waals surface area contributed by atoms with E-state index in [-0.39, 0.29) is 0 Å². The number of hydrogen-bond acceptors (Lipinski definition) is 2. The fraction of sp³-hybridized carbons (Fsp3) is 0.0323. The Morgan fingerprint density at radius 2 is 1.15 bits per heavy atom. The van der Waals surface area contributed by atoms with Gasteiger partial charge in [-0.2, -0.15) is 0 Å². The molecule has 1 aliphatic carbocycles. The molecule has 0 unspecified atom stereocenters. The number of benzene rings is 5. The van der Waals surface area contributed by atoms with Crippen LogP contribution in [0.1, 0.15) is 22.3 Å². The molecule has 0 atom stereocenters. The fourth-order valence-electron chi connectivity index (χ4n) is 6.26. The smallest absolute Gasteiger partial charge is 0.142 e. The molecule has 0 radical (unpaired) electrons. The number of para-hydroxylation sites is 2. The van der Waals surface area contributed by atoms with Gasteiger partial charge in [-0.15, -0.1) is 0 Å². The first-order valence-electron chi connectivity index (χ1n) is 11.4. The molecule has 1 N–H and O–H groups in total. The average Bonchev–Trinajstić information content (AvgIpc) is 3.39. The molecule has 154 valence electrons. The van der Waals surface area contributed by atoms with Crippen molar-refractivity contribution in [3.63, 3.8) is 0 Å². The van der Waals surface area contributed by atoms with Crippen LogP contribution in [0.4, 0.5) is 11.4 Å². The third kappa shape index (κ3) is 1.96. The van der Waals surface area contributed by atoms with Gasteiger partial charge in [-0.3, -0.25) is 0 Å². The van der Waals surface area contributed by atoms with Crippen molar-refractivity contribution in [2.45, 2.75) is 5.41 Å². The molecule has 6 aromatic rings. The Morgan fingerprint density at radius 3 is 1.94 bits per heavy atom. The van der Waals surface area contributed by atoms with Gasteiger partial charge >= 0.3 is 0 Å². The molecule has 33 heavy (non-hydrogen) atoms. The van der Waals surface area contributed by atoms with Gasteiger partial charge in [0.15, 0.2) is 0 Å². The van der Waals surface area contributed by atoms with Crippen LogP contribution in [-0.2, 0) is 5.41 Å². The second-order valence-corrected chi connectivity index (χ2v) is 8.97. The Hall–Kier alpha value is -4.30. The Kier molecular flexibility index (Phi) is 3.11. The molecule has 0 bridgehead atoms. The summed E-state index contributed by atoms with van der Waals surface area (Å²) in [7, 11) is 0. The van der Waals surface area contributed by atoms with Crippen LogP contribution < -0.4 is 5.32 Å². The number of anilines is 2. The zero-order valence-electron chi connectivity index (χ0n) is 17.8. The minimum absolute atomic E-state index is 0.447. The lowest BCUT2D eigenvalue weighted by molar-refractivity contribution is 0.647. The Balaban J connectivity index is 1.65. The molecule has 1 spiro atoms. The molecular weight excluding hydrogens is 402 g/mol. The molecule has 1 aliphatic heterocycles. The van der Waals surface area contributed by atoms with Crippen LogP contribution in [0, 0.1) is 0 Å². The number of nitrogens with one attached hydrogen (secondary N) is 1. The van der Waals surface area contributed by atoms with Crippen LogP contribution >= 0.6 is 0 Å². The van der Waals surface area contributed by atoms with Gasteiger partial charge in [-0.25, -0.2) is 0 Å². The third-order valence-corrected chi connectivity index (χ3v) is 7.47. The lowest BCUT2D eigenvalue weighted by atomic mass is 9.65. The molecule has 1 aromatic heterocycles. The minimum Gasteiger partial charge on any atom is -0.456 e. The highest BCUT2D eigenvalue weighted by atomic mass is 16.3. The van der Waals surface area contributed by atoms with E-state index >= 15 is 0 Å². The van der Waals surface area contributed by atoms with Crippen LogP contribution in [-0.4, -0.2) is 0 Å². The van der Waals surface area contributed by atoms with Crippen molar-refractivity contribution in [3.8, 4) is 11.1 Å². The van der Waals surface area contributed by atoms with Gasteiger partial charge in [0.1, 0.15) is 11.2 Å². The molecule has 2 heteroatoms. The molecule has 2 aliphatic rings. The second kappa shape index (κ2) is 5.93. The summed E-state index contributed by atoms with van der Waals surface area (Å²) >= 11 is 0. The van der Waals surface area contributed by atoms with E-state index in [2.05, 4.69) is 108 Å². The van der Waals surface area contributed by atoms with Crippen LogP contribution in [0.25, 0.3) is 33.1 Å². The highest BCUT2D eigenvalue weighted by Gasteiger charge is 2.51. The summed E-state index contributed by atoms with van der Waals surface area (Å²) in [5.74, 6) is 0. The predicted molar refractivity (Wildman–Crippen MR) is 134 cm³/mol. The van der Waals surface area contributed by atoms with E-state index in [1.807, 2.05) is 6.07 Å². The van der Waals surface area contributed by atoms with Gasteiger partial charge in [-0.1, -0.05) is 84.9 Å². The zero-order chi connectivity index (χ0) is 21.6. The number of rotatable bonds is 0. The van der Waals surface area contributed by atoms with E-state index in [9.17, 15) is 0 Å². The zero-order valence-corrected chi connectivity index (χ0v) is 17.8. The molecule has 5 aromatic carbocycles. The molecule has 8 rings (SSSR count). The third-order valence-electron chi connectivity index (χ3n) is 7.47. The Labute approximate surface area is 191 Å². The van der Waals surface area contributed by atoms with Crippen LogP contribution in [0.2, 0.25) is 0 Å². The van der Waals surface area contributed by atoms with Gasteiger partial charge in [0.2, 0.25) is 0 Å². The van der Waals surface area contributed by atoms with Gasteiger partial charge in [0.05, 0.1) is 5.41 Å². The molecule has 2 nitrogen and oxygen atoms in total. The van der Waals surface area contributed by atoms with Crippen molar-refractivity contribution < 1.29 is 4.42 Å². The number of fused-ring (bicyclic) bond motifs is 13. The quantitative estimate of drug-likeness (QED) is 0.268. The van der Waals surface area contributed by atoms with Crippen molar-refractivity contribution in [2.24, 2.45) is 0 Å². The fourth-order valence-corrected chi connectivity index (χ4v) is 6.26. The van der Waals surface area contributed by atoms with Gasteiger partial charge in [0.25, 0.3) is 0 Å². The van der Waals surface area contributed by atoms with E-state index < -0.39 is 5.41 Å². The Morgan fingerprint density at radius 1 is 0.515 bits per heavy atom. The average molecular weight is 421 g/mol. The lowest BCUT2D eigenvalue weighted by Gasteiger charge is -2.40. The molecule has 0 saturated carbocycles. The first kappa shape index (κ1) is 17.3.